The van der Waals surface area contributed by atoms with Gasteiger partial charge in [-0.25, -0.2) is 0 Å². The molecule has 6 aromatic carbocycles. The molecule has 0 fully saturated rings. The molecule has 0 saturated heterocycles. The molecule has 3 heteroatoms. The van der Waals surface area contributed by atoms with Crippen LogP contribution in [0.3, 0.4) is 0 Å². The Bertz CT molecular complexity index is 2130. The molecule has 2 heterocycles. The van der Waals surface area contributed by atoms with Gasteiger partial charge in [-0.05, 0) is 40.4 Å². The molecule has 8 rings (SSSR count). The first-order valence-electron chi connectivity index (χ1n) is 12.2. The van der Waals surface area contributed by atoms with Crippen LogP contribution in [0.4, 0.5) is 11.4 Å². The Hall–Kier alpha value is -4.34. The van der Waals surface area contributed by atoms with Crippen molar-refractivity contribution in [3.63, 3.8) is 0 Å². The van der Waals surface area contributed by atoms with Crippen molar-refractivity contribution >= 4 is 86.4 Å². The van der Waals surface area contributed by atoms with Crippen molar-refractivity contribution in [1.82, 2.24) is 0 Å². The number of rotatable bonds is 2. The standard InChI is InChI=1S/C33H21NOS/c1-34(27-15-8-14-25-24-13-6-7-16-29(24)36-33(25)27)31-23-12-5-3-10-21(23)19-26-30-22-11-4-2-9-20(22)17-18-28(30)35-32(26)31/h2-19H,1H3. The lowest BCUT2D eigenvalue weighted by Crippen LogP contribution is -2.10. The molecule has 0 bridgehead atoms. The summed E-state index contributed by atoms with van der Waals surface area (Å²) in [5, 5.41) is 9.81. The van der Waals surface area contributed by atoms with E-state index >= 15 is 0 Å². The fourth-order valence-electron chi connectivity index (χ4n) is 5.77. The zero-order valence-corrected chi connectivity index (χ0v) is 20.5. The fraction of sp³-hybridized carbons (Fsp3) is 0.0303. The Labute approximate surface area is 211 Å². The largest absolute Gasteiger partial charge is 0.454 e. The van der Waals surface area contributed by atoms with Gasteiger partial charge >= 0.3 is 0 Å². The maximum atomic E-state index is 6.68. The first-order chi connectivity index (χ1) is 17.8. The van der Waals surface area contributed by atoms with E-state index in [1.165, 1.54) is 52.8 Å². The van der Waals surface area contributed by atoms with E-state index in [9.17, 15) is 0 Å². The highest BCUT2D eigenvalue weighted by atomic mass is 32.1. The van der Waals surface area contributed by atoms with Crippen molar-refractivity contribution in [2.24, 2.45) is 0 Å². The third kappa shape index (κ3) is 2.66. The average Bonchev–Trinajstić information content (AvgIpc) is 3.49. The summed E-state index contributed by atoms with van der Waals surface area (Å²) in [6.07, 6.45) is 0. The van der Waals surface area contributed by atoms with E-state index in [0.717, 1.165) is 22.2 Å². The highest BCUT2D eigenvalue weighted by Crippen LogP contribution is 2.47. The molecule has 0 aliphatic carbocycles. The number of hydrogen-bond acceptors (Lipinski definition) is 3. The zero-order valence-electron chi connectivity index (χ0n) is 19.7. The lowest BCUT2D eigenvalue weighted by Gasteiger charge is -2.22. The summed E-state index contributed by atoms with van der Waals surface area (Å²) >= 11 is 1.86. The molecule has 0 spiro atoms. The number of fused-ring (bicyclic) bond motifs is 9. The molecule has 0 aliphatic heterocycles. The summed E-state index contributed by atoms with van der Waals surface area (Å²) in [6.45, 7) is 0. The molecule has 0 radical (unpaired) electrons. The van der Waals surface area contributed by atoms with Gasteiger partial charge in [0, 0.05) is 38.7 Å². The van der Waals surface area contributed by atoms with E-state index in [1.807, 2.05) is 11.3 Å². The first kappa shape index (κ1) is 19.9. The van der Waals surface area contributed by atoms with Gasteiger partial charge in [0.15, 0.2) is 5.58 Å². The van der Waals surface area contributed by atoms with Gasteiger partial charge in [0.2, 0.25) is 0 Å². The highest BCUT2D eigenvalue weighted by Gasteiger charge is 2.21. The van der Waals surface area contributed by atoms with Crippen LogP contribution >= 0.6 is 11.3 Å². The molecular weight excluding hydrogens is 458 g/mol. The van der Waals surface area contributed by atoms with Crippen LogP contribution in [0.2, 0.25) is 0 Å². The average molecular weight is 480 g/mol. The normalized spacial score (nSPS) is 12.0. The van der Waals surface area contributed by atoms with Gasteiger partial charge < -0.3 is 9.32 Å². The summed E-state index contributed by atoms with van der Waals surface area (Å²) in [5.74, 6) is 0. The van der Waals surface area contributed by atoms with Gasteiger partial charge in [-0.15, -0.1) is 11.3 Å². The molecule has 0 unspecified atom stereocenters. The van der Waals surface area contributed by atoms with E-state index in [0.29, 0.717) is 0 Å². The van der Waals surface area contributed by atoms with Crippen molar-refractivity contribution in [3.05, 3.63) is 109 Å². The van der Waals surface area contributed by atoms with Crippen molar-refractivity contribution in [2.45, 2.75) is 0 Å². The number of thiophene rings is 1. The van der Waals surface area contributed by atoms with Crippen LogP contribution in [0.25, 0.3) is 63.7 Å². The van der Waals surface area contributed by atoms with Gasteiger partial charge in [0.25, 0.3) is 0 Å². The molecule has 2 aromatic heterocycles. The van der Waals surface area contributed by atoms with E-state index in [4.69, 9.17) is 4.42 Å². The van der Waals surface area contributed by atoms with E-state index in [2.05, 4.69) is 121 Å². The Balaban J connectivity index is 1.50. The maximum absolute atomic E-state index is 6.68. The highest BCUT2D eigenvalue weighted by molar-refractivity contribution is 7.26. The van der Waals surface area contributed by atoms with Crippen LogP contribution < -0.4 is 4.90 Å². The summed E-state index contributed by atoms with van der Waals surface area (Å²) in [7, 11) is 2.17. The number of anilines is 2. The first-order valence-corrected chi connectivity index (χ1v) is 13.0. The Kier molecular flexibility index (Phi) is 4.05. The lowest BCUT2D eigenvalue weighted by atomic mass is 10.00. The summed E-state index contributed by atoms with van der Waals surface area (Å²) < 4.78 is 9.28. The molecule has 36 heavy (non-hydrogen) atoms. The zero-order chi connectivity index (χ0) is 23.8. The molecule has 0 atom stereocenters. The Morgan fingerprint density at radius 3 is 2.22 bits per heavy atom. The smallest absolute Gasteiger partial charge is 0.159 e. The van der Waals surface area contributed by atoms with Gasteiger partial charge in [-0.2, -0.15) is 0 Å². The van der Waals surface area contributed by atoms with Gasteiger partial charge in [0.05, 0.1) is 16.1 Å². The molecule has 2 nitrogen and oxygen atoms in total. The van der Waals surface area contributed by atoms with Crippen LogP contribution in [0.15, 0.2) is 114 Å². The third-order valence-electron chi connectivity index (χ3n) is 7.43. The Morgan fingerprint density at radius 2 is 1.33 bits per heavy atom. The van der Waals surface area contributed by atoms with Crippen LogP contribution in [0.1, 0.15) is 0 Å². The predicted molar refractivity (Wildman–Crippen MR) is 156 cm³/mol. The van der Waals surface area contributed by atoms with Gasteiger partial charge in [0.1, 0.15) is 5.58 Å². The van der Waals surface area contributed by atoms with Gasteiger partial charge in [-0.3, -0.25) is 0 Å². The van der Waals surface area contributed by atoms with Crippen LogP contribution in [-0.2, 0) is 0 Å². The number of benzene rings is 6. The maximum Gasteiger partial charge on any atom is 0.159 e. The van der Waals surface area contributed by atoms with E-state index in [1.54, 1.807) is 0 Å². The second-order valence-corrected chi connectivity index (χ2v) is 10.4. The van der Waals surface area contributed by atoms with E-state index < -0.39 is 0 Å². The second-order valence-electron chi connectivity index (χ2n) is 9.40. The van der Waals surface area contributed by atoms with Crippen molar-refractivity contribution in [3.8, 4) is 0 Å². The number of nitrogens with zero attached hydrogens (tertiary/aromatic N) is 1. The quantitative estimate of drug-likeness (QED) is 0.245. The fourth-order valence-corrected chi connectivity index (χ4v) is 7.02. The summed E-state index contributed by atoms with van der Waals surface area (Å²) in [6, 6.07) is 39.1. The molecule has 8 aromatic rings. The molecule has 0 saturated carbocycles. The SMILES string of the molecule is CN(c1c2ccccc2cc2c1oc1ccc3ccccc3c12)c1cccc2c1sc1ccccc12. The van der Waals surface area contributed by atoms with Crippen molar-refractivity contribution in [1.29, 1.82) is 0 Å². The topological polar surface area (TPSA) is 16.4 Å². The monoisotopic (exact) mass is 479 g/mol. The predicted octanol–water partition coefficient (Wildman–Crippen LogP) is 10.0. The van der Waals surface area contributed by atoms with Gasteiger partial charge in [-0.1, -0.05) is 84.9 Å². The molecule has 0 amide bonds. The van der Waals surface area contributed by atoms with Crippen LogP contribution in [0.5, 0.6) is 0 Å². The molecular formula is C33H21NOS. The minimum absolute atomic E-state index is 0.925. The third-order valence-corrected chi connectivity index (χ3v) is 8.64. The van der Waals surface area contributed by atoms with Crippen LogP contribution in [-0.4, -0.2) is 7.05 Å². The summed E-state index contributed by atoms with van der Waals surface area (Å²) in [4.78, 5) is 2.33. The molecule has 170 valence electrons. The summed E-state index contributed by atoms with van der Waals surface area (Å²) in [5.41, 5.74) is 4.15. The second kappa shape index (κ2) is 7.33. The van der Waals surface area contributed by atoms with Crippen LogP contribution in [0, 0.1) is 0 Å². The number of hydrogen-bond donors (Lipinski definition) is 0. The lowest BCUT2D eigenvalue weighted by molar-refractivity contribution is 0.669. The number of furan rings is 1. The van der Waals surface area contributed by atoms with Crippen molar-refractivity contribution in [2.75, 3.05) is 11.9 Å². The van der Waals surface area contributed by atoms with Crippen molar-refractivity contribution < 1.29 is 4.42 Å². The minimum atomic E-state index is 0.925. The molecule has 0 N–H and O–H groups in total. The van der Waals surface area contributed by atoms with E-state index in [-0.39, 0.29) is 0 Å². The minimum Gasteiger partial charge on any atom is -0.454 e. The Morgan fingerprint density at radius 1 is 0.611 bits per heavy atom. The molecule has 0 aliphatic rings.